The number of para-hydroxylation sites is 1. The Balaban J connectivity index is 1.75. The van der Waals surface area contributed by atoms with Crippen LogP contribution in [-0.2, 0) is 18.3 Å². The van der Waals surface area contributed by atoms with Gasteiger partial charge >= 0.3 is 0 Å². The van der Waals surface area contributed by atoms with Gasteiger partial charge in [0.1, 0.15) is 23.4 Å². The lowest BCUT2D eigenvalue weighted by Crippen LogP contribution is -2.34. The Morgan fingerprint density at radius 3 is 2.63 bits per heavy atom. The van der Waals surface area contributed by atoms with Crippen molar-refractivity contribution in [2.75, 3.05) is 6.61 Å². The molecule has 1 aromatic heterocycles. The Kier molecular flexibility index (Phi) is 5.86. The van der Waals surface area contributed by atoms with Crippen LogP contribution in [0.25, 0.3) is 0 Å². The van der Waals surface area contributed by atoms with E-state index in [2.05, 4.69) is 10.3 Å². The maximum atomic E-state index is 13.3. The third-order valence-corrected chi connectivity index (χ3v) is 4.34. The molecule has 0 aliphatic carbocycles. The van der Waals surface area contributed by atoms with Crippen LogP contribution in [0.1, 0.15) is 29.9 Å². The highest BCUT2D eigenvalue weighted by molar-refractivity contribution is 5.78. The smallest absolute Gasteiger partial charge is 0.258 e. The van der Waals surface area contributed by atoms with Gasteiger partial charge in [0.05, 0.1) is 0 Å². The van der Waals surface area contributed by atoms with Crippen molar-refractivity contribution >= 4 is 5.91 Å². The summed E-state index contributed by atoms with van der Waals surface area (Å²) in [6, 6.07) is 13.2. The van der Waals surface area contributed by atoms with Gasteiger partial charge in [-0.25, -0.2) is 9.37 Å². The van der Waals surface area contributed by atoms with Gasteiger partial charge in [0.15, 0.2) is 6.61 Å². The van der Waals surface area contributed by atoms with Crippen LogP contribution >= 0.6 is 0 Å². The van der Waals surface area contributed by atoms with Gasteiger partial charge in [-0.05, 0) is 35.7 Å². The fourth-order valence-electron chi connectivity index (χ4n) is 2.89. The minimum Gasteiger partial charge on any atom is -0.483 e. The summed E-state index contributed by atoms with van der Waals surface area (Å²) in [5.74, 6) is 0.746. The summed E-state index contributed by atoms with van der Waals surface area (Å²) in [6.45, 7) is 1.92. The Bertz CT molecular complexity index is 906. The van der Waals surface area contributed by atoms with Gasteiger partial charge in [-0.3, -0.25) is 4.79 Å². The maximum absolute atomic E-state index is 13.3. The second-order valence-corrected chi connectivity index (χ2v) is 6.20. The monoisotopic (exact) mass is 367 g/mol. The van der Waals surface area contributed by atoms with Gasteiger partial charge in [-0.15, -0.1) is 0 Å². The Hall–Kier alpha value is -3.15. The molecule has 0 saturated carbocycles. The quantitative estimate of drug-likeness (QED) is 0.696. The maximum Gasteiger partial charge on any atom is 0.258 e. The highest BCUT2D eigenvalue weighted by Gasteiger charge is 2.21. The molecule has 1 N–H and O–H groups in total. The van der Waals surface area contributed by atoms with E-state index in [0.717, 1.165) is 17.5 Å². The van der Waals surface area contributed by atoms with Gasteiger partial charge in [-0.2, -0.15) is 0 Å². The second kappa shape index (κ2) is 8.49. The molecule has 0 aliphatic heterocycles. The average Bonchev–Trinajstić information content (AvgIpc) is 3.11. The number of imidazole rings is 1. The molecule has 2 aromatic carbocycles. The van der Waals surface area contributed by atoms with E-state index in [1.807, 2.05) is 42.8 Å². The molecule has 0 spiro atoms. The van der Waals surface area contributed by atoms with E-state index in [1.165, 1.54) is 12.1 Å². The number of amides is 1. The first-order chi connectivity index (χ1) is 13.1. The normalized spacial score (nSPS) is 11.8. The first-order valence-corrected chi connectivity index (χ1v) is 8.81. The molecule has 1 amide bonds. The molecule has 1 unspecified atom stereocenters. The number of nitrogens with one attached hydrogen (secondary N) is 1. The molecule has 0 fully saturated rings. The number of halogens is 1. The number of hydrogen-bond donors (Lipinski definition) is 1. The van der Waals surface area contributed by atoms with Crippen molar-refractivity contribution in [2.45, 2.75) is 19.4 Å². The van der Waals surface area contributed by atoms with Crippen LogP contribution in [0.2, 0.25) is 0 Å². The van der Waals surface area contributed by atoms with E-state index in [0.29, 0.717) is 11.6 Å². The number of rotatable bonds is 7. The molecule has 6 heteroatoms. The summed E-state index contributed by atoms with van der Waals surface area (Å²) in [5.41, 5.74) is 1.79. The summed E-state index contributed by atoms with van der Waals surface area (Å²) < 4.78 is 20.8. The summed E-state index contributed by atoms with van der Waals surface area (Å²) >= 11 is 0. The SMILES string of the molecule is CCc1ccccc1OCC(=O)NC(c1ccc(F)cc1)c1nccn1C. The lowest BCUT2D eigenvalue weighted by Gasteiger charge is -2.19. The molecule has 3 aromatic rings. The highest BCUT2D eigenvalue weighted by atomic mass is 19.1. The number of nitrogens with zero attached hydrogens (tertiary/aromatic N) is 2. The standard InChI is InChI=1S/C21H22FN3O2/c1-3-15-6-4-5-7-18(15)27-14-19(26)24-20(21-23-12-13-25(21)2)16-8-10-17(22)11-9-16/h4-13,20H,3,14H2,1-2H3,(H,24,26). The largest absolute Gasteiger partial charge is 0.483 e. The Labute approximate surface area is 157 Å². The van der Waals surface area contributed by atoms with Crippen LogP contribution in [0.3, 0.4) is 0 Å². The van der Waals surface area contributed by atoms with Crippen LogP contribution < -0.4 is 10.1 Å². The fraction of sp³-hybridized carbons (Fsp3) is 0.238. The molecule has 0 bridgehead atoms. The van der Waals surface area contributed by atoms with Crippen molar-refractivity contribution in [3.05, 3.63) is 83.7 Å². The predicted molar refractivity (Wildman–Crippen MR) is 101 cm³/mol. The number of aryl methyl sites for hydroxylation is 2. The highest BCUT2D eigenvalue weighted by Crippen LogP contribution is 2.21. The van der Waals surface area contributed by atoms with E-state index in [1.54, 1.807) is 24.5 Å². The molecule has 5 nitrogen and oxygen atoms in total. The second-order valence-electron chi connectivity index (χ2n) is 6.20. The molecule has 0 aliphatic rings. The van der Waals surface area contributed by atoms with Gasteiger partial charge in [0.2, 0.25) is 0 Å². The zero-order valence-corrected chi connectivity index (χ0v) is 15.4. The van der Waals surface area contributed by atoms with E-state index >= 15 is 0 Å². The summed E-state index contributed by atoms with van der Waals surface area (Å²) in [6.07, 6.45) is 4.28. The lowest BCUT2D eigenvalue weighted by atomic mass is 10.1. The molecule has 3 rings (SSSR count). The number of carbonyl (C=O) groups is 1. The van der Waals surface area contributed by atoms with Crippen LogP contribution in [0.4, 0.5) is 4.39 Å². The minimum absolute atomic E-state index is 0.112. The van der Waals surface area contributed by atoms with Gasteiger partial charge in [-0.1, -0.05) is 37.3 Å². The van der Waals surface area contributed by atoms with Gasteiger partial charge in [0.25, 0.3) is 5.91 Å². The molecule has 1 heterocycles. The number of carbonyl (C=O) groups excluding carboxylic acids is 1. The average molecular weight is 367 g/mol. The third kappa shape index (κ3) is 4.53. The zero-order valence-electron chi connectivity index (χ0n) is 15.4. The number of ether oxygens (including phenoxy) is 1. The van der Waals surface area contributed by atoms with E-state index in [-0.39, 0.29) is 18.3 Å². The molecule has 0 radical (unpaired) electrons. The first kappa shape index (κ1) is 18.6. The molecule has 0 saturated heterocycles. The Morgan fingerprint density at radius 1 is 1.22 bits per heavy atom. The van der Waals surface area contributed by atoms with E-state index in [9.17, 15) is 9.18 Å². The van der Waals surface area contributed by atoms with Crippen LogP contribution in [-0.4, -0.2) is 22.1 Å². The summed E-state index contributed by atoms with van der Waals surface area (Å²) in [5, 5.41) is 2.93. The predicted octanol–water partition coefficient (Wildman–Crippen LogP) is 3.41. The molecule has 27 heavy (non-hydrogen) atoms. The zero-order chi connectivity index (χ0) is 19.2. The first-order valence-electron chi connectivity index (χ1n) is 8.81. The van der Waals surface area contributed by atoms with Crippen molar-refractivity contribution < 1.29 is 13.9 Å². The van der Waals surface area contributed by atoms with Crippen molar-refractivity contribution in [3.8, 4) is 5.75 Å². The van der Waals surface area contributed by atoms with Crippen molar-refractivity contribution in [3.63, 3.8) is 0 Å². The van der Waals surface area contributed by atoms with Crippen LogP contribution in [0.15, 0.2) is 60.9 Å². The van der Waals surface area contributed by atoms with Crippen molar-refractivity contribution in [2.24, 2.45) is 7.05 Å². The fourth-order valence-corrected chi connectivity index (χ4v) is 2.89. The molecule has 140 valence electrons. The van der Waals surface area contributed by atoms with Crippen LogP contribution in [0, 0.1) is 5.82 Å². The molecular formula is C21H22FN3O2. The van der Waals surface area contributed by atoms with E-state index < -0.39 is 6.04 Å². The van der Waals surface area contributed by atoms with Gasteiger partial charge < -0.3 is 14.6 Å². The summed E-state index contributed by atoms with van der Waals surface area (Å²) in [4.78, 5) is 16.9. The lowest BCUT2D eigenvalue weighted by molar-refractivity contribution is -0.123. The number of benzene rings is 2. The Morgan fingerprint density at radius 2 is 1.96 bits per heavy atom. The van der Waals surface area contributed by atoms with Crippen molar-refractivity contribution in [1.29, 1.82) is 0 Å². The van der Waals surface area contributed by atoms with Crippen LogP contribution in [0.5, 0.6) is 5.75 Å². The summed E-state index contributed by atoms with van der Waals surface area (Å²) in [7, 11) is 1.85. The van der Waals surface area contributed by atoms with Crippen molar-refractivity contribution in [1.82, 2.24) is 14.9 Å². The minimum atomic E-state index is -0.497. The van der Waals surface area contributed by atoms with E-state index in [4.69, 9.17) is 4.74 Å². The van der Waals surface area contributed by atoms with Gasteiger partial charge in [0, 0.05) is 19.4 Å². The molecular weight excluding hydrogens is 345 g/mol. The molecule has 1 atom stereocenters. The topological polar surface area (TPSA) is 56.1 Å². The number of aromatic nitrogens is 2. The number of hydrogen-bond acceptors (Lipinski definition) is 3. The third-order valence-electron chi connectivity index (χ3n) is 4.34.